The van der Waals surface area contributed by atoms with E-state index in [-0.39, 0.29) is 18.3 Å². The maximum Gasteiger partial charge on any atom is 0.253 e. The average Bonchev–Trinajstić information content (AvgIpc) is 2.63. The molecule has 2 aromatic carbocycles. The standard InChI is InChI=1S/C20H24N2O.ClH/c1-21(20(23)18-10-6-3-7-11-18)19-12-14-22(15-13-19)16-17-8-4-2-5-9-17;/h2-11,19H,12-16H2,1H3;1H. The highest BCUT2D eigenvalue weighted by molar-refractivity contribution is 5.94. The molecule has 1 aliphatic rings. The second-order valence-corrected chi connectivity index (χ2v) is 6.28. The van der Waals surface area contributed by atoms with Crippen LogP contribution < -0.4 is 0 Å². The van der Waals surface area contributed by atoms with Gasteiger partial charge in [-0.05, 0) is 30.5 Å². The number of likely N-dealkylation sites (tertiary alicyclic amines) is 1. The number of carbonyl (C=O) groups excluding carboxylic acids is 1. The van der Waals surface area contributed by atoms with Crippen LogP contribution in [0.1, 0.15) is 28.8 Å². The van der Waals surface area contributed by atoms with Crippen molar-refractivity contribution in [1.29, 1.82) is 0 Å². The largest absolute Gasteiger partial charge is 0.339 e. The molecule has 4 heteroatoms. The van der Waals surface area contributed by atoms with E-state index in [0.717, 1.165) is 38.0 Å². The van der Waals surface area contributed by atoms with E-state index in [0.29, 0.717) is 6.04 Å². The van der Waals surface area contributed by atoms with Gasteiger partial charge in [-0.2, -0.15) is 0 Å². The third-order valence-corrected chi connectivity index (χ3v) is 4.69. The minimum Gasteiger partial charge on any atom is -0.339 e. The quantitative estimate of drug-likeness (QED) is 0.841. The Morgan fingerprint density at radius 3 is 2.12 bits per heavy atom. The number of nitrogens with zero attached hydrogens (tertiary/aromatic N) is 2. The second kappa shape index (κ2) is 8.86. The lowest BCUT2D eigenvalue weighted by Gasteiger charge is -2.36. The molecule has 0 saturated carbocycles. The van der Waals surface area contributed by atoms with Gasteiger partial charge in [-0.3, -0.25) is 9.69 Å². The highest BCUT2D eigenvalue weighted by Crippen LogP contribution is 2.19. The number of rotatable bonds is 4. The number of amides is 1. The van der Waals surface area contributed by atoms with E-state index in [1.165, 1.54) is 5.56 Å². The number of benzene rings is 2. The zero-order valence-electron chi connectivity index (χ0n) is 14.1. The van der Waals surface area contributed by atoms with Gasteiger partial charge in [0.2, 0.25) is 0 Å². The van der Waals surface area contributed by atoms with Crippen LogP contribution in [-0.2, 0) is 6.54 Å². The molecular formula is C20H25ClN2O. The van der Waals surface area contributed by atoms with Crippen molar-refractivity contribution >= 4 is 18.3 Å². The Morgan fingerprint density at radius 2 is 1.54 bits per heavy atom. The van der Waals surface area contributed by atoms with Crippen molar-refractivity contribution < 1.29 is 4.79 Å². The van der Waals surface area contributed by atoms with Gasteiger partial charge in [0.1, 0.15) is 0 Å². The maximum absolute atomic E-state index is 12.5. The molecule has 0 unspecified atom stereocenters. The molecule has 1 heterocycles. The number of hydrogen-bond acceptors (Lipinski definition) is 2. The van der Waals surface area contributed by atoms with Gasteiger partial charge >= 0.3 is 0 Å². The fourth-order valence-electron chi connectivity index (χ4n) is 3.26. The molecule has 2 aromatic rings. The zero-order valence-corrected chi connectivity index (χ0v) is 14.9. The summed E-state index contributed by atoms with van der Waals surface area (Å²) in [4.78, 5) is 16.9. The fourth-order valence-corrected chi connectivity index (χ4v) is 3.26. The van der Waals surface area contributed by atoms with Crippen molar-refractivity contribution in [1.82, 2.24) is 9.80 Å². The minimum absolute atomic E-state index is 0. The van der Waals surface area contributed by atoms with Gasteiger partial charge in [0.05, 0.1) is 0 Å². The average molecular weight is 345 g/mol. The van der Waals surface area contributed by atoms with Crippen LogP contribution in [0.15, 0.2) is 60.7 Å². The van der Waals surface area contributed by atoms with Crippen LogP contribution in [0, 0.1) is 0 Å². The molecule has 0 aromatic heterocycles. The molecule has 0 aliphatic carbocycles. The monoisotopic (exact) mass is 344 g/mol. The minimum atomic E-state index is 0. The topological polar surface area (TPSA) is 23.6 Å². The molecular weight excluding hydrogens is 320 g/mol. The van der Waals surface area contributed by atoms with Crippen LogP contribution in [0.4, 0.5) is 0 Å². The van der Waals surface area contributed by atoms with E-state index in [1.807, 2.05) is 42.3 Å². The predicted octanol–water partition coefficient (Wildman–Crippen LogP) is 3.85. The van der Waals surface area contributed by atoms with Crippen LogP contribution in [0.2, 0.25) is 0 Å². The van der Waals surface area contributed by atoms with Crippen LogP contribution in [0.25, 0.3) is 0 Å². The van der Waals surface area contributed by atoms with Gasteiger partial charge in [0.15, 0.2) is 0 Å². The third-order valence-electron chi connectivity index (χ3n) is 4.69. The lowest BCUT2D eigenvalue weighted by Crippen LogP contribution is -2.45. The Hall–Kier alpha value is -1.84. The van der Waals surface area contributed by atoms with E-state index < -0.39 is 0 Å². The molecule has 0 bridgehead atoms. The summed E-state index contributed by atoms with van der Waals surface area (Å²) in [5, 5.41) is 0. The first-order chi connectivity index (χ1) is 11.2. The molecule has 3 nitrogen and oxygen atoms in total. The smallest absolute Gasteiger partial charge is 0.253 e. The van der Waals surface area contributed by atoms with E-state index in [4.69, 9.17) is 0 Å². The SMILES string of the molecule is CN(C(=O)c1ccccc1)C1CCN(Cc2ccccc2)CC1.Cl. The Bertz CT molecular complexity index is 625. The van der Waals surface area contributed by atoms with Crippen LogP contribution in [-0.4, -0.2) is 41.9 Å². The van der Waals surface area contributed by atoms with Crippen molar-refractivity contribution in [3.05, 3.63) is 71.8 Å². The van der Waals surface area contributed by atoms with Crippen LogP contribution in [0.5, 0.6) is 0 Å². The first-order valence-electron chi connectivity index (χ1n) is 8.32. The molecule has 1 amide bonds. The second-order valence-electron chi connectivity index (χ2n) is 6.28. The van der Waals surface area contributed by atoms with E-state index >= 15 is 0 Å². The van der Waals surface area contributed by atoms with Gasteiger partial charge in [0.25, 0.3) is 5.91 Å². The van der Waals surface area contributed by atoms with Crippen LogP contribution >= 0.6 is 12.4 Å². The molecule has 3 rings (SSSR count). The lowest BCUT2D eigenvalue weighted by atomic mass is 10.0. The summed E-state index contributed by atoms with van der Waals surface area (Å²) < 4.78 is 0. The summed E-state index contributed by atoms with van der Waals surface area (Å²) in [5.74, 6) is 0.132. The molecule has 0 radical (unpaired) electrons. The normalized spacial score (nSPS) is 15.5. The first-order valence-corrected chi connectivity index (χ1v) is 8.32. The molecule has 0 spiro atoms. The number of halogens is 1. The third kappa shape index (κ3) is 4.59. The van der Waals surface area contributed by atoms with Crippen molar-refractivity contribution in [2.45, 2.75) is 25.4 Å². The molecule has 1 fully saturated rings. The first kappa shape index (κ1) is 18.5. The lowest BCUT2D eigenvalue weighted by molar-refractivity contribution is 0.0636. The predicted molar refractivity (Wildman–Crippen MR) is 101 cm³/mol. The Balaban J connectivity index is 0.00000208. The van der Waals surface area contributed by atoms with E-state index in [1.54, 1.807) is 0 Å². The summed E-state index contributed by atoms with van der Waals surface area (Å²) in [6.07, 6.45) is 2.09. The molecule has 0 atom stereocenters. The number of carbonyl (C=O) groups is 1. The summed E-state index contributed by atoms with van der Waals surface area (Å²) in [7, 11) is 1.94. The van der Waals surface area contributed by atoms with Crippen molar-refractivity contribution in [3.63, 3.8) is 0 Å². The Labute approximate surface area is 150 Å². The van der Waals surface area contributed by atoms with Gasteiger partial charge in [0, 0.05) is 38.3 Å². The zero-order chi connectivity index (χ0) is 16.1. The Kier molecular flexibility index (Phi) is 6.83. The van der Waals surface area contributed by atoms with Gasteiger partial charge in [-0.25, -0.2) is 0 Å². The molecule has 0 N–H and O–H groups in total. The van der Waals surface area contributed by atoms with Crippen molar-refractivity contribution in [2.75, 3.05) is 20.1 Å². The molecule has 24 heavy (non-hydrogen) atoms. The summed E-state index contributed by atoms with van der Waals surface area (Å²) in [6, 6.07) is 20.5. The molecule has 1 saturated heterocycles. The van der Waals surface area contributed by atoms with Crippen LogP contribution in [0.3, 0.4) is 0 Å². The maximum atomic E-state index is 12.5. The highest BCUT2D eigenvalue weighted by atomic mass is 35.5. The molecule has 128 valence electrons. The van der Waals surface area contributed by atoms with E-state index in [9.17, 15) is 4.79 Å². The summed E-state index contributed by atoms with van der Waals surface area (Å²) in [6.45, 7) is 3.10. The van der Waals surface area contributed by atoms with Gasteiger partial charge in [-0.1, -0.05) is 48.5 Å². The number of piperidine rings is 1. The Morgan fingerprint density at radius 1 is 1.00 bits per heavy atom. The van der Waals surface area contributed by atoms with Gasteiger partial charge < -0.3 is 4.90 Å². The summed E-state index contributed by atoms with van der Waals surface area (Å²) in [5.41, 5.74) is 2.14. The number of hydrogen-bond donors (Lipinski definition) is 0. The van der Waals surface area contributed by atoms with Crippen molar-refractivity contribution in [2.24, 2.45) is 0 Å². The van der Waals surface area contributed by atoms with Crippen molar-refractivity contribution in [3.8, 4) is 0 Å². The van der Waals surface area contributed by atoms with Gasteiger partial charge in [-0.15, -0.1) is 12.4 Å². The van der Waals surface area contributed by atoms with E-state index in [2.05, 4.69) is 35.2 Å². The molecule has 1 aliphatic heterocycles. The summed E-state index contributed by atoms with van der Waals surface area (Å²) >= 11 is 0. The highest BCUT2D eigenvalue weighted by Gasteiger charge is 2.25. The fraction of sp³-hybridized carbons (Fsp3) is 0.350.